The quantitative estimate of drug-likeness (QED) is 0.550. The van der Waals surface area contributed by atoms with Gasteiger partial charge in [-0.1, -0.05) is 32.0 Å². The Bertz CT molecular complexity index is 1030. The van der Waals surface area contributed by atoms with E-state index in [0.717, 1.165) is 38.4 Å². The van der Waals surface area contributed by atoms with Crippen molar-refractivity contribution in [3.8, 4) is 11.8 Å². The van der Waals surface area contributed by atoms with Gasteiger partial charge in [0.05, 0.1) is 12.2 Å². The third-order valence-corrected chi connectivity index (χ3v) is 6.03. The highest BCUT2D eigenvalue weighted by Crippen LogP contribution is 2.30. The number of piperidine rings is 1. The second kappa shape index (κ2) is 10.9. The highest BCUT2D eigenvalue weighted by atomic mass is 19.4. The lowest BCUT2D eigenvalue weighted by Crippen LogP contribution is -2.35. The van der Waals surface area contributed by atoms with Crippen LogP contribution in [0.25, 0.3) is 0 Å². The molecule has 0 bridgehead atoms. The van der Waals surface area contributed by atoms with Gasteiger partial charge in [-0.15, -0.1) is 0 Å². The normalized spacial score (nSPS) is 15.5. The van der Waals surface area contributed by atoms with E-state index in [0.29, 0.717) is 36.9 Å². The topological polar surface area (TPSA) is 58.3 Å². The SMILES string of the molecule is CC(C)CCn1ccc(OCC2CCN(Cc3cccc(C(F)(F)F)c3)CC2)c(C#N)c1=O. The van der Waals surface area contributed by atoms with E-state index in [-0.39, 0.29) is 17.0 Å². The van der Waals surface area contributed by atoms with Gasteiger partial charge in [-0.05, 0) is 61.9 Å². The number of aromatic nitrogens is 1. The fourth-order valence-corrected chi connectivity index (χ4v) is 3.98. The molecule has 2 heterocycles. The molecule has 1 saturated heterocycles. The summed E-state index contributed by atoms with van der Waals surface area (Å²) < 4.78 is 46.2. The number of benzene rings is 1. The Morgan fingerprint density at radius 3 is 2.58 bits per heavy atom. The molecule has 0 unspecified atom stereocenters. The van der Waals surface area contributed by atoms with E-state index < -0.39 is 11.7 Å². The molecule has 0 atom stereocenters. The van der Waals surface area contributed by atoms with Crippen LogP contribution in [0.15, 0.2) is 41.3 Å². The highest BCUT2D eigenvalue weighted by Gasteiger charge is 2.30. The van der Waals surface area contributed by atoms with Gasteiger partial charge in [0.2, 0.25) is 0 Å². The van der Waals surface area contributed by atoms with Crippen LogP contribution in [0.5, 0.6) is 5.75 Å². The van der Waals surface area contributed by atoms with Gasteiger partial charge in [0.25, 0.3) is 5.56 Å². The Hall–Kier alpha value is -2.79. The van der Waals surface area contributed by atoms with Crippen molar-refractivity contribution in [1.29, 1.82) is 5.26 Å². The van der Waals surface area contributed by atoms with Crippen molar-refractivity contribution in [2.45, 2.75) is 52.4 Å². The smallest absolute Gasteiger partial charge is 0.416 e. The van der Waals surface area contributed by atoms with Crippen molar-refractivity contribution >= 4 is 0 Å². The molecular formula is C25H30F3N3O2. The molecule has 3 rings (SSSR count). The van der Waals surface area contributed by atoms with Crippen molar-refractivity contribution in [2.75, 3.05) is 19.7 Å². The van der Waals surface area contributed by atoms with Crippen LogP contribution in [-0.2, 0) is 19.3 Å². The van der Waals surface area contributed by atoms with E-state index in [1.807, 2.05) is 6.07 Å². The number of nitriles is 1. The molecule has 8 heteroatoms. The third-order valence-electron chi connectivity index (χ3n) is 6.03. The maximum atomic E-state index is 12.9. The fraction of sp³-hybridized carbons (Fsp3) is 0.520. The molecule has 5 nitrogen and oxygen atoms in total. The summed E-state index contributed by atoms with van der Waals surface area (Å²) in [6, 6.07) is 9.13. The predicted molar refractivity (Wildman–Crippen MR) is 120 cm³/mol. The molecule has 33 heavy (non-hydrogen) atoms. The maximum absolute atomic E-state index is 12.9. The Kier molecular flexibility index (Phi) is 8.20. The summed E-state index contributed by atoms with van der Waals surface area (Å²) in [5.74, 6) is 1.03. The zero-order valence-corrected chi connectivity index (χ0v) is 19.1. The molecule has 178 valence electrons. The predicted octanol–water partition coefficient (Wildman–Crippen LogP) is 5.08. The van der Waals surface area contributed by atoms with Crippen LogP contribution in [0.4, 0.5) is 13.2 Å². The zero-order chi connectivity index (χ0) is 24.0. The summed E-state index contributed by atoms with van der Waals surface area (Å²) in [6.45, 7) is 7.12. The van der Waals surface area contributed by atoms with Gasteiger partial charge in [-0.25, -0.2) is 0 Å². The molecule has 1 aromatic carbocycles. The first-order valence-corrected chi connectivity index (χ1v) is 11.3. The Morgan fingerprint density at radius 2 is 1.94 bits per heavy atom. The van der Waals surface area contributed by atoms with E-state index in [1.54, 1.807) is 22.9 Å². The summed E-state index contributed by atoms with van der Waals surface area (Å²) in [4.78, 5) is 14.7. The van der Waals surface area contributed by atoms with Gasteiger partial charge in [0, 0.05) is 19.3 Å². The summed E-state index contributed by atoms with van der Waals surface area (Å²) in [5.41, 5.74) is -0.270. The number of rotatable bonds is 8. The first kappa shape index (κ1) is 24.8. The number of nitrogens with zero attached hydrogens (tertiary/aromatic N) is 3. The zero-order valence-electron chi connectivity index (χ0n) is 19.1. The third kappa shape index (κ3) is 6.84. The first-order chi connectivity index (χ1) is 15.7. The number of halogens is 3. The summed E-state index contributed by atoms with van der Waals surface area (Å²) in [6.07, 6.45) is -0.126. The monoisotopic (exact) mass is 461 g/mol. The Labute approximate surface area is 192 Å². The summed E-state index contributed by atoms with van der Waals surface area (Å²) in [7, 11) is 0. The number of alkyl halides is 3. The minimum absolute atomic E-state index is 0.0308. The Morgan fingerprint density at radius 1 is 1.21 bits per heavy atom. The van der Waals surface area contributed by atoms with Gasteiger partial charge >= 0.3 is 6.18 Å². The van der Waals surface area contributed by atoms with Gasteiger partial charge in [-0.2, -0.15) is 18.4 Å². The van der Waals surface area contributed by atoms with Gasteiger partial charge in [-0.3, -0.25) is 9.69 Å². The largest absolute Gasteiger partial charge is 0.492 e. The molecule has 1 aliphatic rings. The van der Waals surface area contributed by atoms with Crippen LogP contribution in [-0.4, -0.2) is 29.2 Å². The van der Waals surface area contributed by atoms with E-state index in [4.69, 9.17) is 4.74 Å². The van der Waals surface area contributed by atoms with E-state index >= 15 is 0 Å². The second-order valence-corrected chi connectivity index (χ2v) is 9.08. The number of ether oxygens (including phenoxy) is 1. The number of pyridine rings is 1. The van der Waals surface area contributed by atoms with E-state index in [2.05, 4.69) is 18.7 Å². The number of hydrogen-bond donors (Lipinski definition) is 0. The Balaban J connectivity index is 1.52. The number of hydrogen-bond acceptors (Lipinski definition) is 4. The van der Waals surface area contributed by atoms with Crippen molar-refractivity contribution in [3.63, 3.8) is 0 Å². The van der Waals surface area contributed by atoms with Crippen molar-refractivity contribution in [3.05, 3.63) is 63.6 Å². The average Bonchev–Trinajstić information content (AvgIpc) is 2.77. The molecule has 1 aliphatic heterocycles. The average molecular weight is 462 g/mol. The number of likely N-dealkylation sites (tertiary alicyclic amines) is 1. The van der Waals surface area contributed by atoms with Crippen LogP contribution in [0.2, 0.25) is 0 Å². The molecule has 0 spiro atoms. The van der Waals surface area contributed by atoms with Gasteiger partial charge in [0.1, 0.15) is 11.8 Å². The molecule has 0 amide bonds. The second-order valence-electron chi connectivity index (χ2n) is 9.08. The lowest BCUT2D eigenvalue weighted by Gasteiger charge is -2.32. The van der Waals surface area contributed by atoms with Gasteiger partial charge < -0.3 is 9.30 Å². The molecule has 1 aromatic heterocycles. The lowest BCUT2D eigenvalue weighted by atomic mass is 9.97. The summed E-state index contributed by atoms with van der Waals surface area (Å²) in [5, 5.41) is 9.46. The fourth-order valence-electron chi connectivity index (χ4n) is 3.98. The molecule has 1 fully saturated rings. The van der Waals surface area contributed by atoms with Crippen molar-refractivity contribution in [1.82, 2.24) is 9.47 Å². The van der Waals surface area contributed by atoms with Crippen LogP contribution in [0.3, 0.4) is 0 Å². The number of aryl methyl sites for hydroxylation is 1. The molecule has 0 N–H and O–H groups in total. The van der Waals surface area contributed by atoms with Crippen molar-refractivity contribution < 1.29 is 17.9 Å². The van der Waals surface area contributed by atoms with Gasteiger partial charge in [0.15, 0.2) is 5.56 Å². The van der Waals surface area contributed by atoms with Crippen LogP contribution in [0.1, 0.15) is 49.8 Å². The van der Waals surface area contributed by atoms with E-state index in [1.165, 1.54) is 12.1 Å². The highest BCUT2D eigenvalue weighted by molar-refractivity contribution is 5.40. The molecule has 0 aliphatic carbocycles. The summed E-state index contributed by atoms with van der Waals surface area (Å²) >= 11 is 0. The van der Waals surface area contributed by atoms with Crippen LogP contribution < -0.4 is 10.3 Å². The minimum atomic E-state index is -4.34. The lowest BCUT2D eigenvalue weighted by molar-refractivity contribution is -0.137. The first-order valence-electron chi connectivity index (χ1n) is 11.3. The van der Waals surface area contributed by atoms with E-state index in [9.17, 15) is 23.2 Å². The molecule has 0 saturated carbocycles. The minimum Gasteiger partial charge on any atom is -0.492 e. The maximum Gasteiger partial charge on any atom is 0.416 e. The standard InChI is InChI=1S/C25H30F3N3O2/c1-18(2)6-12-31-13-9-23(22(15-29)24(31)32)33-17-19-7-10-30(11-8-19)16-20-4-3-5-21(14-20)25(26,27)28/h3-5,9,13-14,18-19H,6-8,10-12,16-17H2,1-2H3. The molecule has 0 radical (unpaired) electrons. The molecular weight excluding hydrogens is 431 g/mol. The van der Waals surface area contributed by atoms with Crippen LogP contribution in [0, 0.1) is 23.2 Å². The van der Waals surface area contributed by atoms with Crippen LogP contribution >= 0.6 is 0 Å². The molecule has 2 aromatic rings. The van der Waals surface area contributed by atoms with Crippen molar-refractivity contribution in [2.24, 2.45) is 11.8 Å².